The van der Waals surface area contributed by atoms with Gasteiger partial charge in [0.05, 0.1) is 5.56 Å². The monoisotopic (exact) mass is 564 g/mol. The van der Waals surface area contributed by atoms with Gasteiger partial charge in [-0.1, -0.05) is 32.4 Å². The average Bonchev–Trinajstić information content (AvgIpc) is 3.78. The minimum absolute atomic E-state index is 0.177. The molecule has 1 aromatic carbocycles. The maximum Gasteiger partial charge on any atom is 0.344 e. The van der Waals surface area contributed by atoms with Crippen LogP contribution in [0.4, 0.5) is 0 Å². The fourth-order valence-electron chi connectivity index (χ4n) is 9.82. The van der Waals surface area contributed by atoms with Crippen molar-refractivity contribution < 1.29 is 38.1 Å². The summed E-state index contributed by atoms with van der Waals surface area (Å²) in [7, 11) is 0. The van der Waals surface area contributed by atoms with E-state index >= 15 is 0 Å². The predicted molar refractivity (Wildman–Crippen MR) is 145 cm³/mol. The van der Waals surface area contributed by atoms with Gasteiger partial charge in [-0.2, -0.15) is 0 Å². The Balaban J connectivity index is 0.959. The first-order valence-corrected chi connectivity index (χ1v) is 15.6. The van der Waals surface area contributed by atoms with E-state index in [1.165, 1.54) is 19.3 Å². The molecule has 1 aromatic rings. The van der Waals surface area contributed by atoms with Gasteiger partial charge in [-0.3, -0.25) is 9.59 Å². The second-order valence-electron chi connectivity index (χ2n) is 13.9. The highest BCUT2D eigenvalue weighted by atomic mass is 16.6. The van der Waals surface area contributed by atoms with Gasteiger partial charge in [0.2, 0.25) is 0 Å². The lowest BCUT2D eigenvalue weighted by molar-refractivity contribution is -0.184. The molecule has 1 saturated heterocycles. The second-order valence-corrected chi connectivity index (χ2v) is 13.9. The SMILES string of the molecule is CCC(C)c1ccc(C(=O)OCC(=O)OC2C3CC4C2OC(=O)C4(C(=O)OC2(C)CC4CC2C2CCCC42)C3)cc1. The zero-order valence-corrected chi connectivity index (χ0v) is 24.1. The Kier molecular flexibility index (Phi) is 6.29. The number of ether oxygens (including phenoxy) is 4. The molecule has 4 bridgehead atoms. The van der Waals surface area contributed by atoms with E-state index in [2.05, 4.69) is 20.8 Å². The van der Waals surface area contributed by atoms with Crippen molar-refractivity contribution in [3.05, 3.63) is 35.4 Å². The number of hydrogen-bond donors (Lipinski definition) is 0. The summed E-state index contributed by atoms with van der Waals surface area (Å²) in [6.07, 6.45) is 6.29. The van der Waals surface area contributed by atoms with E-state index in [0.717, 1.165) is 30.7 Å². The molecule has 0 N–H and O–H groups in total. The number of benzene rings is 1. The summed E-state index contributed by atoms with van der Waals surface area (Å²) < 4.78 is 22.9. The van der Waals surface area contributed by atoms with Crippen molar-refractivity contribution in [2.24, 2.45) is 40.9 Å². The number of carbonyl (C=O) groups is 4. The third-order valence-electron chi connectivity index (χ3n) is 11.9. The standard InChI is InChI=1S/C33H40O8/c1-4-17(2)18-8-10-19(11-9-18)29(35)38-16-26(34)39-27-21-13-25-28(27)40-30(36)33(25,15-21)31(37)41-32(3)14-20-12-24(32)23-7-5-6-22(20)23/h8-11,17,20-25,27-28H,4-7,12-16H2,1-3H3. The topological polar surface area (TPSA) is 105 Å². The van der Waals surface area contributed by atoms with Crippen LogP contribution in [0.2, 0.25) is 0 Å². The summed E-state index contributed by atoms with van der Waals surface area (Å²) in [5.74, 6) is -0.0233. The van der Waals surface area contributed by atoms with Crippen molar-refractivity contribution in [2.45, 2.75) is 95.9 Å². The van der Waals surface area contributed by atoms with Gasteiger partial charge < -0.3 is 18.9 Å². The van der Waals surface area contributed by atoms with Crippen molar-refractivity contribution in [1.29, 1.82) is 0 Å². The van der Waals surface area contributed by atoms with Gasteiger partial charge in [0, 0.05) is 17.8 Å². The summed E-state index contributed by atoms with van der Waals surface area (Å²) in [5.41, 5.74) is -0.318. The number of esters is 4. The van der Waals surface area contributed by atoms with E-state index in [0.29, 0.717) is 35.7 Å². The highest BCUT2D eigenvalue weighted by molar-refractivity contribution is 6.03. The molecular formula is C33H40O8. The lowest BCUT2D eigenvalue weighted by Crippen LogP contribution is -2.50. The van der Waals surface area contributed by atoms with Crippen LogP contribution in [0.3, 0.4) is 0 Å². The van der Waals surface area contributed by atoms with E-state index in [-0.39, 0.29) is 18.3 Å². The van der Waals surface area contributed by atoms with Crippen LogP contribution in [0.1, 0.15) is 94.0 Å². The van der Waals surface area contributed by atoms with Crippen LogP contribution in [0.5, 0.6) is 0 Å². The summed E-state index contributed by atoms with van der Waals surface area (Å²) in [4.78, 5) is 52.2. The van der Waals surface area contributed by atoms with Crippen LogP contribution < -0.4 is 0 Å². The summed E-state index contributed by atoms with van der Waals surface area (Å²) in [6, 6.07) is 7.19. The maximum absolute atomic E-state index is 13.8. The Morgan fingerprint density at radius 1 is 1.02 bits per heavy atom. The summed E-state index contributed by atoms with van der Waals surface area (Å²) in [6.45, 7) is 5.77. The molecular weight excluding hydrogens is 524 g/mol. The Morgan fingerprint density at radius 3 is 2.51 bits per heavy atom. The van der Waals surface area contributed by atoms with E-state index in [1.54, 1.807) is 12.1 Å². The number of fused-ring (bicyclic) bond motifs is 6. The molecule has 0 radical (unpaired) electrons. The molecule has 5 saturated carbocycles. The van der Waals surface area contributed by atoms with Crippen LogP contribution in [-0.2, 0) is 33.3 Å². The molecule has 6 fully saturated rings. The van der Waals surface area contributed by atoms with Gasteiger partial charge >= 0.3 is 23.9 Å². The highest BCUT2D eigenvalue weighted by Crippen LogP contribution is 2.66. The molecule has 1 heterocycles. The molecule has 11 unspecified atom stereocenters. The van der Waals surface area contributed by atoms with E-state index in [4.69, 9.17) is 18.9 Å². The molecule has 220 valence electrons. The first kappa shape index (κ1) is 27.0. The van der Waals surface area contributed by atoms with Crippen molar-refractivity contribution in [3.8, 4) is 0 Å². The lowest BCUT2D eigenvalue weighted by atomic mass is 9.71. The fourth-order valence-corrected chi connectivity index (χ4v) is 9.82. The van der Waals surface area contributed by atoms with Gasteiger partial charge in [0.1, 0.15) is 17.8 Å². The second kappa shape index (κ2) is 9.56. The summed E-state index contributed by atoms with van der Waals surface area (Å²) in [5, 5.41) is 0. The van der Waals surface area contributed by atoms with Gasteiger partial charge in [-0.05, 0) is 93.2 Å². The predicted octanol–water partition coefficient (Wildman–Crippen LogP) is 4.98. The maximum atomic E-state index is 13.8. The highest BCUT2D eigenvalue weighted by Gasteiger charge is 2.76. The molecule has 5 aliphatic carbocycles. The largest absolute Gasteiger partial charge is 0.458 e. The van der Waals surface area contributed by atoms with Gasteiger partial charge in [0.15, 0.2) is 12.0 Å². The van der Waals surface area contributed by atoms with Crippen molar-refractivity contribution >= 4 is 23.9 Å². The minimum atomic E-state index is -1.30. The summed E-state index contributed by atoms with van der Waals surface area (Å²) >= 11 is 0. The molecule has 11 atom stereocenters. The first-order valence-electron chi connectivity index (χ1n) is 15.6. The molecule has 0 amide bonds. The molecule has 8 heteroatoms. The van der Waals surface area contributed by atoms with Crippen LogP contribution in [0.15, 0.2) is 24.3 Å². The van der Waals surface area contributed by atoms with E-state index < -0.39 is 53.7 Å². The Morgan fingerprint density at radius 2 is 1.76 bits per heavy atom. The number of rotatable bonds is 8. The molecule has 6 aliphatic rings. The normalized spacial score (nSPS) is 41.7. The van der Waals surface area contributed by atoms with Crippen LogP contribution >= 0.6 is 0 Å². The Labute approximate surface area is 240 Å². The van der Waals surface area contributed by atoms with Gasteiger partial charge in [-0.25, -0.2) is 9.59 Å². The molecule has 1 aliphatic heterocycles. The Hall–Kier alpha value is -2.90. The minimum Gasteiger partial charge on any atom is -0.458 e. The zero-order chi connectivity index (χ0) is 28.7. The first-order chi connectivity index (χ1) is 19.6. The molecule has 7 rings (SSSR count). The number of hydrogen-bond acceptors (Lipinski definition) is 8. The van der Waals surface area contributed by atoms with Crippen molar-refractivity contribution in [1.82, 2.24) is 0 Å². The van der Waals surface area contributed by atoms with Gasteiger partial charge in [-0.15, -0.1) is 0 Å². The van der Waals surface area contributed by atoms with Crippen LogP contribution in [-0.4, -0.2) is 48.3 Å². The molecule has 8 nitrogen and oxygen atoms in total. The van der Waals surface area contributed by atoms with E-state index in [1.807, 2.05) is 12.1 Å². The average molecular weight is 565 g/mol. The van der Waals surface area contributed by atoms with Gasteiger partial charge in [0.25, 0.3) is 0 Å². The molecule has 0 aromatic heterocycles. The van der Waals surface area contributed by atoms with E-state index in [9.17, 15) is 19.2 Å². The third-order valence-corrected chi connectivity index (χ3v) is 11.9. The quantitative estimate of drug-likeness (QED) is 0.247. The third kappa shape index (κ3) is 3.98. The zero-order valence-electron chi connectivity index (χ0n) is 24.1. The van der Waals surface area contributed by atoms with Crippen LogP contribution in [0, 0.1) is 40.9 Å². The Bertz CT molecular complexity index is 1270. The molecule has 0 spiro atoms. The van der Waals surface area contributed by atoms with Crippen molar-refractivity contribution in [2.75, 3.05) is 6.61 Å². The fraction of sp³-hybridized carbons (Fsp3) is 0.697. The van der Waals surface area contributed by atoms with Crippen LogP contribution in [0.25, 0.3) is 0 Å². The van der Waals surface area contributed by atoms with Crippen molar-refractivity contribution in [3.63, 3.8) is 0 Å². The smallest absolute Gasteiger partial charge is 0.344 e. The lowest BCUT2D eigenvalue weighted by Gasteiger charge is -2.41. The molecule has 41 heavy (non-hydrogen) atoms. The number of carbonyl (C=O) groups excluding carboxylic acids is 4.